The summed E-state index contributed by atoms with van der Waals surface area (Å²) in [5.41, 5.74) is 3.80. The van der Waals surface area contributed by atoms with Gasteiger partial charge in [0.15, 0.2) is 17.5 Å². The summed E-state index contributed by atoms with van der Waals surface area (Å²) in [5.74, 6) is 2.46. The summed E-state index contributed by atoms with van der Waals surface area (Å²) in [4.78, 5) is 6.90. The Balaban J connectivity index is 0.00000289. The molecule has 1 saturated heterocycles. The Hall–Kier alpha value is -2.04. The van der Waals surface area contributed by atoms with E-state index in [-0.39, 0.29) is 30.0 Å². The molecule has 0 saturated carbocycles. The minimum atomic E-state index is 0. The molecule has 32 heavy (non-hydrogen) atoms. The van der Waals surface area contributed by atoms with E-state index in [1.54, 1.807) is 0 Å². The van der Waals surface area contributed by atoms with Crippen LogP contribution in [0.15, 0.2) is 47.5 Å². The summed E-state index contributed by atoms with van der Waals surface area (Å²) in [6.45, 7) is 7.44. The lowest BCUT2D eigenvalue weighted by Crippen LogP contribution is -2.46. The molecule has 0 bridgehead atoms. The van der Waals surface area contributed by atoms with Crippen LogP contribution < -0.4 is 20.1 Å². The number of aryl methyl sites for hydroxylation is 1. The van der Waals surface area contributed by atoms with Crippen molar-refractivity contribution in [1.82, 2.24) is 15.5 Å². The molecule has 1 fully saturated rings. The predicted molar refractivity (Wildman–Crippen MR) is 137 cm³/mol. The summed E-state index contributed by atoms with van der Waals surface area (Å²) in [7, 11) is 1.81. The van der Waals surface area contributed by atoms with Gasteiger partial charge in [-0.25, -0.2) is 0 Å². The van der Waals surface area contributed by atoms with E-state index in [0.717, 1.165) is 63.3 Å². The molecule has 0 amide bonds. The number of nitrogens with zero attached hydrogens (tertiary/aromatic N) is 2. The third kappa shape index (κ3) is 6.49. The number of hydrogen-bond donors (Lipinski definition) is 2. The Morgan fingerprint density at radius 1 is 1.03 bits per heavy atom. The Morgan fingerprint density at radius 2 is 1.78 bits per heavy atom. The molecule has 2 heterocycles. The van der Waals surface area contributed by atoms with Gasteiger partial charge in [-0.15, -0.1) is 24.0 Å². The maximum absolute atomic E-state index is 5.56. The zero-order valence-corrected chi connectivity index (χ0v) is 21.1. The van der Waals surface area contributed by atoms with Crippen molar-refractivity contribution in [2.45, 2.75) is 19.4 Å². The fourth-order valence-electron chi connectivity index (χ4n) is 3.97. The second-order valence-corrected chi connectivity index (χ2v) is 7.89. The maximum Gasteiger partial charge on any atom is 0.231 e. The van der Waals surface area contributed by atoms with Crippen LogP contribution in [0, 0.1) is 6.92 Å². The highest BCUT2D eigenvalue weighted by Crippen LogP contribution is 2.32. The van der Waals surface area contributed by atoms with Crippen LogP contribution in [0.5, 0.6) is 11.5 Å². The summed E-state index contributed by atoms with van der Waals surface area (Å²) in [6, 6.07) is 15.2. The highest BCUT2D eigenvalue weighted by atomic mass is 127. The van der Waals surface area contributed by atoms with Gasteiger partial charge in [-0.05, 0) is 36.6 Å². The number of guanidine groups is 1. The van der Waals surface area contributed by atoms with E-state index in [9.17, 15) is 0 Å². The number of nitrogens with one attached hydrogen (secondary N) is 2. The third-order valence-electron chi connectivity index (χ3n) is 5.78. The van der Waals surface area contributed by atoms with E-state index in [1.165, 1.54) is 16.7 Å². The molecular weight excluding hydrogens is 519 g/mol. The molecule has 2 N–H and O–H groups in total. The molecular formula is C24H33IN4O3. The van der Waals surface area contributed by atoms with Crippen LogP contribution >= 0.6 is 24.0 Å². The molecule has 174 valence electrons. The Labute approximate surface area is 207 Å². The Bertz CT molecular complexity index is 885. The molecule has 0 aliphatic carbocycles. The van der Waals surface area contributed by atoms with Gasteiger partial charge in [0.25, 0.3) is 0 Å². The van der Waals surface area contributed by atoms with Gasteiger partial charge in [0.2, 0.25) is 6.79 Å². The highest BCUT2D eigenvalue weighted by Gasteiger charge is 2.23. The minimum absolute atomic E-state index is 0. The van der Waals surface area contributed by atoms with Crippen molar-refractivity contribution in [3.63, 3.8) is 0 Å². The fraction of sp³-hybridized carbons (Fsp3) is 0.458. The molecule has 2 aromatic rings. The van der Waals surface area contributed by atoms with Gasteiger partial charge < -0.3 is 24.8 Å². The van der Waals surface area contributed by atoms with Crippen LogP contribution in [-0.4, -0.2) is 64.1 Å². The van der Waals surface area contributed by atoms with Gasteiger partial charge in [0.05, 0.1) is 19.3 Å². The van der Waals surface area contributed by atoms with E-state index in [0.29, 0.717) is 6.79 Å². The summed E-state index contributed by atoms with van der Waals surface area (Å²) in [5, 5.41) is 6.95. The van der Waals surface area contributed by atoms with Crippen molar-refractivity contribution in [3.8, 4) is 11.5 Å². The molecule has 2 aliphatic rings. The van der Waals surface area contributed by atoms with Gasteiger partial charge in [0.1, 0.15) is 0 Å². The number of fused-ring (bicyclic) bond motifs is 1. The lowest BCUT2D eigenvalue weighted by molar-refractivity contribution is 0.0170. The highest BCUT2D eigenvalue weighted by molar-refractivity contribution is 14.0. The first kappa shape index (κ1) is 24.6. The second-order valence-electron chi connectivity index (χ2n) is 7.89. The molecule has 1 unspecified atom stereocenters. The first-order valence-electron chi connectivity index (χ1n) is 10.9. The molecule has 1 atom stereocenters. The van der Waals surface area contributed by atoms with E-state index in [4.69, 9.17) is 14.2 Å². The number of aliphatic imine (C=N–C) groups is 1. The van der Waals surface area contributed by atoms with Crippen LogP contribution in [-0.2, 0) is 11.2 Å². The molecule has 4 rings (SSSR count). The van der Waals surface area contributed by atoms with Crippen LogP contribution in [0.1, 0.15) is 22.7 Å². The van der Waals surface area contributed by atoms with Gasteiger partial charge >= 0.3 is 0 Å². The van der Waals surface area contributed by atoms with Crippen molar-refractivity contribution >= 4 is 29.9 Å². The second kappa shape index (κ2) is 12.3. The van der Waals surface area contributed by atoms with E-state index in [1.807, 2.05) is 19.2 Å². The Morgan fingerprint density at radius 3 is 2.53 bits per heavy atom. The van der Waals surface area contributed by atoms with E-state index in [2.05, 4.69) is 57.8 Å². The molecule has 0 radical (unpaired) electrons. The first-order valence-corrected chi connectivity index (χ1v) is 10.9. The molecule has 2 aliphatic heterocycles. The Kier molecular flexibility index (Phi) is 9.43. The van der Waals surface area contributed by atoms with Crippen molar-refractivity contribution in [2.75, 3.05) is 53.2 Å². The number of benzene rings is 2. The van der Waals surface area contributed by atoms with Gasteiger partial charge in [-0.1, -0.05) is 35.9 Å². The van der Waals surface area contributed by atoms with Crippen molar-refractivity contribution in [2.24, 2.45) is 4.99 Å². The first-order chi connectivity index (χ1) is 15.2. The van der Waals surface area contributed by atoms with Gasteiger partial charge in [-0.2, -0.15) is 0 Å². The quantitative estimate of drug-likeness (QED) is 0.313. The normalized spacial score (nSPS) is 16.9. The lowest BCUT2D eigenvalue weighted by atomic mass is 10.0. The van der Waals surface area contributed by atoms with Crippen molar-refractivity contribution < 1.29 is 14.2 Å². The summed E-state index contributed by atoms with van der Waals surface area (Å²) >= 11 is 0. The molecule has 2 aromatic carbocycles. The lowest BCUT2D eigenvalue weighted by Gasteiger charge is -2.35. The number of rotatable bonds is 7. The predicted octanol–water partition coefficient (Wildman–Crippen LogP) is 3.12. The van der Waals surface area contributed by atoms with Gasteiger partial charge in [-0.3, -0.25) is 9.89 Å². The number of hydrogen-bond acceptors (Lipinski definition) is 5. The number of halogens is 1. The maximum atomic E-state index is 5.56. The molecule has 0 aromatic heterocycles. The monoisotopic (exact) mass is 552 g/mol. The molecule has 7 nitrogen and oxygen atoms in total. The van der Waals surface area contributed by atoms with Crippen LogP contribution in [0.25, 0.3) is 0 Å². The van der Waals surface area contributed by atoms with E-state index >= 15 is 0 Å². The summed E-state index contributed by atoms with van der Waals surface area (Å²) in [6.07, 6.45) is 0.877. The zero-order chi connectivity index (χ0) is 21.5. The third-order valence-corrected chi connectivity index (χ3v) is 5.78. The number of morpholine rings is 1. The van der Waals surface area contributed by atoms with Crippen molar-refractivity contribution in [3.05, 3.63) is 59.2 Å². The largest absolute Gasteiger partial charge is 0.454 e. The SMILES string of the molecule is CN=C(NCCc1ccc2c(c1)OCO2)NCC(c1ccc(C)cc1)N1CCOCC1.I. The minimum Gasteiger partial charge on any atom is -0.454 e. The van der Waals surface area contributed by atoms with Crippen LogP contribution in [0.4, 0.5) is 0 Å². The van der Waals surface area contributed by atoms with Gasteiger partial charge in [0, 0.05) is 33.2 Å². The molecule has 8 heteroatoms. The average Bonchev–Trinajstić information content (AvgIpc) is 3.28. The smallest absolute Gasteiger partial charge is 0.231 e. The van der Waals surface area contributed by atoms with E-state index < -0.39 is 0 Å². The van der Waals surface area contributed by atoms with Crippen LogP contribution in [0.2, 0.25) is 0 Å². The van der Waals surface area contributed by atoms with Crippen molar-refractivity contribution in [1.29, 1.82) is 0 Å². The number of ether oxygens (including phenoxy) is 3. The topological polar surface area (TPSA) is 67.4 Å². The van der Waals surface area contributed by atoms with Crippen LogP contribution in [0.3, 0.4) is 0 Å². The summed E-state index contributed by atoms with van der Waals surface area (Å²) < 4.78 is 16.4. The standard InChI is InChI=1S/C24H32N4O3.HI/c1-18-3-6-20(7-4-18)21(28-11-13-29-14-12-28)16-27-24(25-2)26-10-9-19-5-8-22-23(15-19)31-17-30-22;/h3-8,15,21H,9-14,16-17H2,1-2H3,(H2,25,26,27);1H. The fourth-order valence-corrected chi connectivity index (χ4v) is 3.97. The average molecular weight is 552 g/mol. The molecule has 0 spiro atoms. The zero-order valence-electron chi connectivity index (χ0n) is 18.8.